The first-order valence-corrected chi connectivity index (χ1v) is 9.48. The third kappa shape index (κ3) is 2.37. The van der Waals surface area contributed by atoms with Crippen LogP contribution in [0, 0.1) is 23.7 Å². The molecule has 22 heavy (non-hydrogen) atoms. The molecule has 122 valence electrons. The fourth-order valence-electron chi connectivity index (χ4n) is 4.15. The molecule has 0 aromatic rings. The second-order valence-electron chi connectivity index (χ2n) is 6.07. The van der Waals surface area contributed by atoms with Gasteiger partial charge in [0, 0.05) is 17.4 Å². The van der Waals surface area contributed by atoms with Crippen LogP contribution < -0.4 is 0 Å². The number of rotatable bonds is 2. The molecular formula is C15H20O5S2. The van der Waals surface area contributed by atoms with Crippen LogP contribution in [0.1, 0.15) is 19.3 Å². The number of hydrogen-bond acceptors (Lipinski definition) is 7. The molecule has 3 fully saturated rings. The molecule has 0 aromatic heterocycles. The SMILES string of the molecule is COC(=O)[C@H]1C[C@H]2C[C@H](C[C@H](C(=O)OC)C23SCCS3)C1=O. The van der Waals surface area contributed by atoms with Gasteiger partial charge in [-0.25, -0.2) is 0 Å². The lowest BCUT2D eigenvalue weighted by molar-refractivity contribution is -0.157. The lowest BCUT2D eigenvalue weighted by Gasteiger charge is -2.50. The molecule has 1 heterocycles. The minimum absolute atomic E-state index is 0.0557. The molecule has 2 bridgehead atoms. The zero-order chi connectivity index (χ0) is 15.9. The quantitative estimate of drug-likeness (QED) is 0.558. The maximum Gasteiger partial charge on any atom is 0.316 e. The molecule has 0 N–H and O–H groups in total. The minimum Gasteiger partial charge on any atom is -0.469 e. The molecule has 1 aliphatic heterocycles. The Kier molecular flexibility index (Phi) is 4.47. The number of thioether (sulfide) groups is 2. The van der Waals surface area contributed by atoms with Gasteiger partial charge in [0.1, 0.15) is 11.7 Å². The molecule has 4 atom stereocenters. The van der Waals surface area contributed by atoms with Crippen LogP contribution in [0.2, 0.25) is 0 Å². The van der Waals surface area contributed by atoms with E-state index in [9.17, 15) is 14.4 Å². The third-order valence-corrected chi connectivity index (χ3v) is 9.04. The van der Waals surface area contributed by atoms with Crippen molar-refractivity contribution in [1.29, 1.82) is 0 Å². The van der Waals surface area contributed by atoms with Crippen LogP contribution in [-0.2, 0) is 23.9 Å². The van der Waals surface area contributed by atoms with E-state index in [4.69, 9.17) is 9.47 Å². The van der Waals surface area contributed by atoms with Crippen LogP contribution in [0.3, 0.4) is 0 Å². The number of Topliss-reactive ketones (excluding diaryl/α,β-unsaturated/α-hetero) is 1. The van der Waals surface area contributed by atoms with Crippen LogP contribution in [-0.4, -0.2) is 47.5 Å². The second kappa shape index (κ2) is 6.07. The van der Waals surface area contributed by atoms with Crippen molar-refractivity contribution in [2.24, 2.45) is 23.7 Å². The van der Waals surface area contributed by atoms with Gasteiger partial charge in [-0.05, 0) is 25.2 Å². The molecule has 2 aliphatic carbocycles. The highest BCUT2D eigenvalue weighted by atomic mass is 32.2. The molecule has 3 aliphatic rings. The summed E-state index contributed by atoms with van der Waals surface area (Å²) in [6, 6.07) is 0. The zero-order valence-electron chi connectivity index (χ0n) is 12.7. The second-order valence-corrected chi connectivity index (χ2v) is 9.08. The molecule has 0 amide bonds. The number of carbonyl (C=O) groups is 3. The van der Waals surface area contributed by atoms with E-state index in [1.807, 2.05) is 23.5 Å². The van der Waals surface area contributed by atoms with Crippen molar-refractivity contribution in [2.75, 3.05) is 25.7 Å². The van der Waals surface area contributed by atoms with E-state index in [0.29, 0.717) is 12.8 Å². The van der Waals surface area contributed by atoms with Gasteiger partial charge in [0.15, 0.2) is 0 Å². The highest BCUT2D eigenvalue weighted by molar-refractivity contribution is 8.21. The molecule has 3 rings (SSSR count). The first kappa shape index (κ1) is 16.2. The first-order valence-electron chi connectivity index (χ1n) is 7.50. The topological polar surface area (TPSA) is 69.7 Å². The van der Waals surface area contributed by atoms with Gasteiger partial charge in [0.25, 0.3) is 0 Å². The molecule has 5 nitrogen and oxygen atoms in total. The van der Waals surface area contributed by atoms with Gasteiger partial charge in [-0.1, -0.05) is 0 Å². The van der Waals surface area contributed by atoms with Gasteiger partial charge in [-0.15, -0.1) is 23.5 Å². The Morgan fingerprint density at radius 1 is 1.05 bits per heavy atom. The van der Waals surface area contributed by atoms with E-state index >= 15 is 0 Å². The molecule has 1 spiro atoms. The van der Waals surface area contributed by atoms with Crippen molar-refractivity contribution in [2.45, 2.75) is 23.3 Å². The van der Waals surface area contributed by atoms with Gasteiger partial charge >= 0.3 is 11.9 Å². The summed E-state index contributed by atoms with van der Waals surface area (Å²) >= 11 is 3.61. The predicted octanol–water partition coefficient (Wildman–Crippen LogP) is 1.74. The van der Waals surface area contributed by atoms with E-state index in [-0.39, 0.29) is 33.6 Å². The molecule has 0 radical (unpaired) electrons. The normalized spacial score (nSPS) is 36.2. The summed E-state index contributed by atoms with van der Waals surface area (Å²) in [5, 5.41) is 0. The number of ether oxygens (including phenoxy) is 2. The maximum absolute atomic E-state index is 12.5. The Labute approximate surface area is 138 Å². The van der Waals surface area contributed by atoms with Gasteiger partial charge in [-0.2, -0.15) is 0 Å². The smallest absolute Gasteiger partial charge is 0.316 e. The third-order valence-electron chi connectivity index (χ3n) is 5.12. The average Bonchev–Trinajstić information content (AvgIpc) is 3.02. The van der Waals surface area contributed by atoms with Crippen molar-refractivity contribution in [3.63, 3.8) is 0 Å². The van der Waals surface area contributed by atoms with Crippen molar-refractivity contribution in [3.8, 4) is 0 Å². The Morgan fingerprint density at radius 2 is 1.68 bits per heavy atom. The van der Waals surface area contributed by atoms with Gasteiger partial charge in [-0.3, -0.25) is 14.4 Å². The van der Waals surface area contributed by atoms with E-state index in [2.05, 4.69) is 0 Å². The molecule has 0 aromatic carbocycles. The monoisotopic (exact) mass is 344 g/mol. The lowest BCUT2D eigenvalue weighted by Crippen LogP contribution is -2.54. The van der Waals surface area contributed by atoms with Gasteiger partial charge in [0.05, 0.1) is 24.2 Å². The summed E-state index contributed by atoms with van der Waals surface area (Å²) in [7, 11) is 2.73. The number of fused-ring (bicyclic) bond motifs is 3. The molecule has 7 heteroatoms. The van der Waals surface area contributed by atoms with Crippen molar-refractivity contribution >= 4 is 41.2 Å². The number of esters is 2. The number of methoxy groups -OCH3 is 2. The lowest BCUT2D eigenvalue weighted by atomic mass is 9.63. The molecule has 0 unspecified atom stereocenters. The fraction of sp³-hybridized carbons (Fsp3) is 0.800. The fourth-order valence-corrected chi connectivity index (χ4v) is 7.94. The largest absolute Gasteiger partial charge is 0.469 e. The number of carbonyl (C=O) groups excluding carboxylic acids is 3. The van der Waals surface area contributed by atoms with E-state index in [1.165, 1.54) is 14.2 Å². The average molecular weight is 344 g/mol. The Hall–Kier alpha value is -0.690. The number of ketones is 1. The van der Waals surface area contributed by atoms with Crippen molar-refractivity contribution in [3.05, 3.63) is 0 Å². The summed E-state index contributed by atoms with van der Waals surface area (Å²) in [6.45, 7) is 0. The maximum atomic E-state index is 12.5. The van der Waals surface area contributed by atoms with Crippen molar-refractivity contribution in [1.82, 2.24) is 0 Å². The first-order chi connectivity index (χ1) is 10.5. The highest BCUT2D eigenvalue weighted by Crippen LogP contribution is 2.63. The molecule has 1 saturated heterocycles. The number of hydrogen-bond donors (Lipinski definition) is 0. The summed E-state index contributed by atoms with van der Waals surface area (Å²) in [5.41, 5.74) is 0. The zero-order valence-corrected chi connectivity index (χ0v) is 14.3. The minimum atomic E-state index is -0.661. The predicted molar refractivity (Wildman–Crippen MR) is 84.5 cm³/mol. The van der Waals surface area contributed by atoms with E-state index in [1.54, 1.807) is 0 Å². The van der Waals surface area contributed by atoms with E-state index < -0.39 is 11.9 Å². The van der Waals surface area contributed by atoms with E-state index in [0.717, 1.165) is 17.9 Å². The van der Waals surface area contributed by atoms with Crippen molar-refractivity contribution < 1.29 is 23.9 Å². The van der Waals surface area contributed by atoms with Gasteiger partial charge < -0.3 is 9.47 Å². The van der Waals surface area contributed by atoms with Crippen LogP contribution in [0.5, 0.6) is 0 Å². The van der Waals surface area contributed by atoms with Crippen LogP contribution in [0.15, 0.2) is 0 Å². The molecular weight excluding hydrogens is 324 g/mol. The van der Waals surface area contributed by atoms with Gasteiger partial charge in [0.2, 0.25) is 0 Å². The molecule has 2 saturated carbocycles. The van der Waals surface area contributed by atoms with Crippen LogP contribution in [0.4, 0.5) is 0 Å². The summed E-state index contributed by atoms with van der Waals surface area (Å²) in [4.78, 5) is 36.8. The Morgan fingerprint density at radius 3 is 2.27 bits per heavy atom. The standard InChI is InChI=1S/C15H20O5S2/c1-19-13(17)10-7-9-5-8(12(10)16)6-11(14(18)20-2)15(9)21-3-4-22-15/h8-11H,3-7H2,1-2H3/t8-,9-,10+,11-/m1/s1. The Balaban J connectivity index is 1.93. The van der Waals surface area contributed by atoms with Crippen LogP contribution >= 0.6 is 23.5 Å². The Bertz CT molecular complexity index is 500. The van der Waals surface area contributed by atoms with Crippen LogP contribution in [0.25, 0.3) is 0 Å². The summed E-state index contributed by atoms with van der Waals surface area (Å²) in [5.74, 6) is 0.313. The highest BCUT2D eigenvalue weighted by Gasteiger charge is 2.60. The summed E-state index contributed by atoms with van der Waals surface area (Å²) in [6.07, 6.45) is 1.77. The summed E-state index contributed by atoms with van der Waals surface area (Å²) < 4.78 is 9.57.